The van der Waals surface area contributed by atoms with Gasteiger partial charge in [-0.1, -0.05) is 0 Å². The average molecular weight is 230 g/mol. The molecule has 0 N–H and O–H groups in total. The van der Waals surface area contributed by atoms with Crippen molar-refractivity contribution < 1.29 is 4.74 Å². The van der Waals surface area contributed by atoms with E-state index in [1.807, 2.05) is 0 Å². The Balaban J connectivity index is 2.08. The van der Waals surface area contributed by atoms with Crippen LogP contribution in [0.1, 0.15) is 31.6 Å². The van der Waals surface area contributed by atoms with E-state index in [2.05, 4.69) is 21.7 Å². The Labute approximate surface area is 94.6 Å². The second kappa shape index (κ2) is 4.94. The van der Waals surface area contributed by atoms with Crippen molar-refractivity contribution in [2.24, 2.45) is 5.92 Å². The third-order valence-electron chi connectivity index (χ3n) is 3.15. The summed E-state index contributed by atoms with van der Waals surface area (Å²) in [5.41, 5.74) is 0. The van der Waals surface area contributed by atoms with Crippen molar-refractivity contribution in [3.8, 4) is 0 Å². The standard InChI is InChI=1S/C10H16ClN3O/c1-8(9-2-4-15-5-3-9)14-7-12-13-10(14)6-11/h7-9H,2-6H2,1H3. The molecule has 0 saturated carbocycles. The molecule has 0 aromatic carbocycles. The Bertz CT molecular complexity index is 309. The van der Waals surface area contributed by atoms with Gasteiger partial charge in [0.05, 0.1) is 5.88 Å². The van der Waals surface area contributed by atoms with Crippen LogP contribution in [0.4, 0.5) is 0 Å². The zero-order chi connectivity index (χ0) is 10.7. The Kier molecular flexibility index (Phi) is 3.59. The van der Waals surface area contributed by atoms with E-state index >= 15 is 0 Å². The number of halogens is 1. The molecule has 1 aliphatic heterocycles. The molecule has 5 heteroatoms. The molecule has 15 heavy (non-hydrogen) atoms. The van der Waals surface area contributed by atoms with Crippen molar-refractivity contribution in [3.05, 3.63) is 12.2 Å². The molecule has 2 heterocycles. The molecule has 84 valence electrons. The predicted molar refractivity (Wildman–Crippen MR) is 57.8 cm³/mol. The second-order valence-electron chi connectivity index (χ2n) is 3.98. The van der Waals surface area contributed by atoms with Gasteiger partial charge in [-0.25, -0.2) is 0 Å². The second-order valence-corrected chi connectivity index (χ2v) is 4.25. The first-order valence-electron chi connectivity index (χ1n) is 5.35. The van der Waals surface area contributed by atoms with Gasteiger partial charge in [0.1, 0.15) is 12.2 Å². The van der Waals surface area contributed by atoms with Crippen LogP contribution in [0.5, 0.6) is 0 Å². The molecule has 0 aliphatic carbocycles. The van der Waals surface area contributed by atoms with E-state index in [0.29, 0.717) is 17.8 Å². The molecular weight excluding hydrogens is 214 g/mol. The number of hydrogen-bond donors (Lipinski definition) is 0. The normalized spacial score (nSPS) is 20.4. The van der Waals surface area contributed by atoms with Gasteiger partial charge in [0.15, 0.2) is 0 Å². The molecule has 1 saturated heterocycles. The van der Waals surface area contributed by atoms with Crippen LogP contribution in [0, 0.1) is 5.92 Å². The Morgan fingerprint density at radius 2 is 2.33 bits per heavy atom. The van der Waals surface area contributed by atoms with Crippen molar-refractivity contribution >= 4 is 11.6 Å². The van der Waals surface area contributed by atoms with E-state index in [1.54, 1.807) is 6.33 Å². The maximum Gasteiger partial charge on any atom is 0.148 e. The number of hydrogen-bond acceptors (Lipinski definition) is 3. The molecule has 1 unspecified atom stereocenters. The largest absolute Gasteiger partial charge is 0.381 e. The first-order valence-corrected chi connectivity index (χ1v) is 5.88. The van der Waals surface area contributed by atoms with Gasteiger partial charge in [0.25, 0.3) is 0 Å². The highest BCUT2D eigenvalue weighted by atomic mass is 35.5. The van der Waals surface area contributed by atoms with Crippen molar-refractivity contribution in [2.75, 3.05) is 13.2 Å². The van der Waals surface area contributed by atoms with Crippen molar-refractivity contribution in [1.82, 2.24) is 14.8 Å². The van der Waals surface area contributed by atoms with Crippen LogP contribution in [-0.2, 0) is 10.6 Å². The fraction of sp³-hybridized carbons (Fsp3) is 0.800. The van der Waals surface area contributed by atoms with Gasteiger partial charge in [0, 0.05) is 19.3 Å². The number of ether oxygens (including phenoxy) is 1. The number of rotatable bonds is 3. The van der Waals surface area contributed by atoms with E-state index in [1.165, 1.54) is 0 Å². The molecule has 4 nitrogen and oxygen atoms in total. The molecule has 2 rings (SSSR count). The van der Waals surface area contributed by atoms with Crippen molar-refractivity contribution in [3.63, 3.8) is 0 Å². The number of nitrogens with zero attached hydrogens (tertiary/aromatic N) is 3. The first-order chi connectivity index (χ1) is 7.33. The molecule has 0 spiro atoms. The maximum absolute atomic E-state index is 5.81. The minimum Gasteiger partial charge on any atom is -0.381 e. The third-order valence-corrected chi connectivity index (χ3v) is 3.39. The van der Waals surface area contributed by atoms with E-state index in [-0.39, 0.29) is 0 Å². The Morgan fingerprint density at radius 3 is 3.00 bits per heavy atom. The summed E-state index contributed by atoms with van der Waals surface area (Å²) in [6.07, 6.45) is 4.00. The van der Waals surface area contributed by atoms with Crippen LogP contribution in [0.15, 0.2) is 6.33 Å². The summed E-state index contributed by atoms with van der Waals surface area (Å²) in [6, 6.07) is 0.414. The summed E-state index contributed by atoms with van der Waals surface area (Å²) >= 11 is 5.81. The SMILES string of the molecule is CC(C1CCOCC1)n1cnnc1CCl. The molecule has 1 aromatic rings. The number of alkyl halides is 1. The Hall–Kier alpha value is -0.610. The fourth-order valence-electron chi connectivity index (χ4n) is 2.13. The summed E-state index contributed by atoms with van der Waals surface area (Å²) in [4.78, 5) is 0. The van der Waals surface area contributed by atoms with Crippen LogP contribution < -0.4 is 0 Å². The molecule has 0 radical (unpaired) electrons. The lowest BCUT2D eigenvalue weighted by atomic mass is 9.93. The summed E-state index contributed by atoms with van der Waals surface area (Å²) < 4.78 is 7.44. The molecule has 1 atom stereocenters. The topological polar surface area (TPSA) is 39.9 Å². The van der Waals surface area contributed by atoms with E-state index in [0.717, 1.165) is 31.9 Å². The van der Waals surface area contributed by atoms with Gasteiger partial charge in [-0.15, -0.1) is 21.8 Å². The summed E-state index contributed by atoms with van der Waals surface area (Å²) in [6.45, 7) is 3.94. The Morgan fingerprint density at radius 1 is 1.60 bits per heavy atom. The van der Waals surface area contributed by atoms with Gasteiger partial charge in [-0.2, -0.15) is 0 Å². The lowest BCUT2D eigenvalue weighted by molar-refractivity contribution is 0.0510. The van der Waals surface area contributed by atoms with Gasteiger partial charge in [-0.3, -0.25) is 0 Å². The zero-order valence-electron chi connectivity index (χ0n) is 8.90. The smallest absolute Gasteiger partial charge is 0.148 e. The first kappa shape index (κ1) is 10.9. The zero-order valence-corrected chi connectivity index (χ0v) is 9.65. The summed E-state index contributed by atoms with van der Waals surface area (Å²) in [7, 11) is 0. The van der Waals surface area contributed by atoms with Crippen molar-refractivity contribution in [2.45, 2.75) is 31.7 Å². The van der Waals surface area contributed by atoms with Gasteiger partial charge >= 0.3 is 0 Å². The molecule has 0 amide bonds. The third kappa shape index (κ3) is 2.32. The lowest BCUT2D eigenvalue weighted by Gasteiger charge is -2.28. The van der Waals surface area contributed by atoms with Crippen LogP contribution in [0.2, 0.25) is 0 Å². The molecule has 1 aliphatic rings. The molecular formula is C10H16ClN3O. The lowest BCUT2D eigenvalue weighted by Crippen LogP contribution is -2.24. The van der Waals surface area contributed by atoms with E-state index in [9.17, 15) is 0 Å². The molecule has 1 fully saturated rings. The highest BCUT2D eigenvalue weighted by molar-refractivity contribution is 6.16. The average Bonchev–Trinajstić information content (AvgIpc) is 2.77. The maximum atomic E-state index is 5.81. The van der Waals surface area contributed by atoms with E-state index < -0.39 is 0 Å². The summed E-state index contributed by atoms with van der Waals surface area (Å²) in [5, 5.41) is 7.91. The number of aromatic nitrogens is 3. The van der Waals surface area contributed by atoms with Crippen LogP contribution in [0.3, 0.4) is 0 Å². The van der Waals surface area contributed by atoms with Crippen LogP contribution >= 0.6 is 11.6 Å². The quantitative estimate of drug-likeness (QED) is 0.745. The van der Waals surface area contributed by atoms with Crippen molar-refractivity contribution in [1.29, 1.82) is 0 Å². The molecule has 1 aromatic heterocycles. The monoisotopic (exact) mass is 229 g/mol. The van der Waals surface area contributed by atoms with E-state index in [4.69, 9.17) is 16.3 Å². The highest BCUT2D eigenvalue weighted by Crippen LogP contribution is 2.28. The highest BCUT2D eigenvalue weighted by Gasteiger charge is 2.23. The summed E-state index contributed by atoms with van der Waals surface area (Å²) in [5.74, 6) is 1.93. The molecule has 0 bridgehead atoms. The fourth-order valence-corrected chi connectivity index (χ4v) is 2.32. The minimum atomic E-state index is 0.414. The van der Waals surface area contributed by atoms with Gasteiger partial charge < -0.3 is 9.30 Å². The van der Waals surface area contributed by atoms with Crippen LogP contribution in [0.25, 0.3) is 0 Å². The predicted octanol–water partition coefficient (Wildman–Crippen LogP) is 2.00. The minimum absolute atomic E-state index is 0.414. The van der Waals surface area contributed by atoms with Gasteiger partial charge in [-0.05, 0) is 25.7 Å². The van der Waals surface area contributed by atoms with Crippen LogP contribution in [-0.4, -0.2) is 28.0 Å². The van der Waals surface area contributed by atoms with Gasteiger partial charge in [0.2, 0.25) is 0 Å².